The number of pyridine rings is 1. The third kappa shape index (κ3) is 6.27. The van der Waals surface area contributed by atoms with Crippen molar-refractivity contribution in [1.29, 1.82) is 0 Å². The molecule has 3 aromatic carbocycles. The molecule has 1 heterocycles. The summed E-state index contributed by atoms with van der Waals surface area (Å²) in [6.45, 7) is 6.05. The van der Waals surface area contributed by atoms with E-state index >= 15 is 0 Å². The molecule has 1 aromatic heterocycles. The van der Waals surface area contributed by atoms with E-state index < -0.39 is 12.1 Å². The number of ether oxygens (including phenoxy) is 1. The summed E-state index contributed by atoms with van der Waals surface area (Å²) in [4.78, 5) is 21.7. The van der Waals surface area contributed by atoms with E-state index in [9.17, 15) is 9.90 Å². The lowest BCUT2D eigenvalue weighted by Crippen LogP contribution is -2.22. The molecule has 0 aliphatic heterocycles. The molecule has 0 aliphatic rings. The molecule has 0 amide bonds. The number of carboxylic acid groups (broad SMARTS) is 1. The molecule has 0 saturated carbocycles. The lowest BCUT2D eigenvalue weighted by atomic mass is 9.78. The average molecular weight is 483 g/mol. The van der Waals surface area contributed by atoms with Gasteiger partial charge in [-0.25, -0.2) is 9.78 Å². The van der Waals surface area contributed by atoms with Gasteiger partial charge in [-0.1, -0.05) is 85.7 Å². The molecule has 0 radical (unpaired) electrons. The highest BCUT2D eigenvalue weighted by Crippen LogP contribution is 2.36. The minimum atomic E-state index is -1.11. The molecule has 0 bridgehead atoms. The van der Waals surface area contributed by atoms with Crippen LogP contribution in [-0.4, -0.2) is 21.8 Å². The van der Waals surface area contributed by atoms with Crippen LogP contribution < -0.4 is 4.74 Å². The minimum Gasteiger partial charge on any atom is -0.487 e. The van der Waals surface area contributed by atoms with Crippen LogP contribution >= 0.6 is 0 Å². The van der Waals surface area contributed by atoms with Gasteiger partial charge < -0.3 is 14.7 Å². The Morgan fingerprint density at radius 1 is 0.944 bits per heavy atom. The van der Waals surface area contributed by atoms with Crippen LogP contribution in [0.15, 0.2) is 96.2 Å². The molecule has 6 heteroatoms. The van der Waals surface area contributed by atoms with Gasteiger partial charge >= 0.3 is 5.97 Å². The summed E-state index contributed by atoms with van der Waals surface area (Å²) in [5.41, 5.74) is 3.52. The Hall–Kier alpha value is -4.19. The summed E-state index contributed by atoms with van der Waals surface area (Å²) >= 11 is 0. The van der Waals surface area contributed by atoms with Crippen LogP contribution in [0.2, 0.25) is 0 Å². The Bertz CT molecular complexity index is 1350. The van der Waals surface area contributed by atoms with Crippen LogP contribution in [0.3, 0.4) is 0 Å². The van der Waals surface area contributed by atoms with Gasteiger partial charge in [0.15, 0.2) is 11.8 Å². The number of rotatable bonds is 10. The number of carbonyl (C=O) groups is 1. The highest BCUT2D eigenvalue weighted by atomic mass is 16.6. The van der Waals surface area contributed by atoms with E-state index in [0.29, 0.717) is 18.8 Å². The van der Waals surface area contributed by atoms with Crippen molar-refractivity contribution in [2.24, 2.45) is 5.16 Å². The quantitative estimate of drug-likeness (QED) is 0.201. The lowest BCUT2D eigenvalue weighted by molar-refractivity contribution is -0.129. The number of oxime groups is 1. The van der Waals surface area contributed by atoms with Crippen molar-refractivity contribution >= 4 is 22.6 Å². The Morgan fingerprint density at radius 3 is 2.36 bits per heavy atom. The first-order chi connectivity index (χ1) is 17.3. The molecular weight excluding hydrogens is 452 g/mol. The zero-order valence-corrected chi connectivity index (χ0v) is 20.7. The smallest absolute Gasteiger partial charge is 0.353 e. The van der Waals surface area contributed by atoms with Crippen LogP contribution in [-0.2, 0) is 21.7 Å². The van der Waals surface area contributed by atoms with Crippen LogP contribution in [0.25, 0.3) is 10.9 Å². The number of hydrogen-bond acceptors (Lipinski definition) is 5. The number of fused-ring (bicyclic) bond motifs is 1. The molecule has 4 aromatic rings. The molecule has 0 fully saturated rings. The van der Waals surface area contributed by atoms with Gasteiger partial charge in [-0.15, -0.1) is 0 Å². The number of aromatic nitrogens is 1. The van der Waals surface area contributed by atoms with E-state index in [1.807, 2.05) is 78.9 Å². The number of benzene rings is 3. The van der Waals surface area contributed by atoms with Crippen LogP contribution in [0.5, 0.6) is 5.75 Å². The summed E-state index contributed by atoms with van der Waals surface area (Å²) in [5.74, 6) is -0.401. The van der Waals surface area contributed by atoms with Crippen molar-refractivity contribution in [2.45, 2.75) is 45.3 Å². The maximum atomic E-state index is 11.2. The highest BCUT2D eigenvalue weighted by molar-refractivity contribution is 6.34. The van der Waals surface area contributed by atoms with Crippen molar-refractivity contribution < 1.29 is 19.5 Å². The van der Waals surface area contributed by atoms with Gasteiger partial charge in [0.25, 0.3) is 0 Å². The fourth-order valence-corrected chi connectivity index (χ4v) is 3.99. The molecule has 1 N–H and O–H groups in total. The third-order valence-corrected chi connectivity index (χ3v) is 6.17. The molecule has 184 valence electrons. The fourth-order valence-electron chi connectivity index (χ4n) is 3.99. The first-order valence-electron chi connectivity index (χ1n) is 11.9. The van der Waals surface area contributed by atoms with Crippen molar-refractivity contribution in [3.63, 3.8) is 0 Å². The van der Waals surface area contributed by atoms with E-state index in [1.165, 1.54) is 12.5 Å². The highest BCUT2D eigenvalue weighted by Gasteiger charge is 2.28. The average Bonchev–Trinajstić information content (AvgIpc) is 2.90. The molecule has 1 unspecified atom stereocenters. The van der Waals surface area contributed by atoms with Gasteiger partial charge in [0.1, 0.15) is 12.4 Å². The number of hydrogen-bond donors (Lipinski definition) is 1. The SMILES string of the molecule is C/C(=N\OC(CC(C)(C)c1ccccc1)c1ccc(OCc2ccc3ccccc3n2)cc1)C(=O)O. The lowest BCUT2D eigenvalue weighted by Gasteiger charge is -2.29. The Kier molecular flexibility index (Phi) is 7.64. The van der Waals surface area contributed by atoms with Crippen LogP contribution in [0.1, 0.15) is 50.1 Å². The fraction of sp³-hybridized carbons (Fsp3) is 0.233. The van der Waals surface area contributed by atoms with Crippen molar-refractivity contribution in [1.82, 2.24) is 4.98 Å². The largest absolute Gasteiger partial charge is 0.487 e. The molecule has 0 saturated heterocycles. The van der Waals surface area contributed by atoms with E-state index in [0.717, 1.165) is 22.2 Å². The molecule has 36 heavy (non-hydrogen) atoms. The topological polar surface area (TPSA) is 81.0 Å². The van der Waals surface area contributed by atoms with Gasteiger partial charge in [0, 0.05) is 11.8 Å². The second-order valence-electron chi connectivity index (χ2n) is 9.38. The van der Waals surface area contributed by atoms with Gasteiger partial charge in [-0.05, 0) is 47.7 Å². The van der Waals surface area contributed by atoms with Crippen molar-refractivity contribution in [3.8, 4) is 5.75 Å². The summed E-state index contributed by atoms with van der Waals surface area (Å²) in [7, 11) is 0. The molecule has 6 nitrogen and oxygen atoms in total. The molecule has 4 rings (SSSR count). The van der Waals surface area contributed by atoms with Crippen molar-refractivity contribution in [3.05, 3.63) is 108 Å². The zero-order valence-electron chi connectivity index (χ0n) is 20.7. The third-order valence-electron chi connectivity index (χ3n) is 6.17. The monoisotopic (exact) mass is 482 g/mol. The predicted molar refractivity (Wildman–Crippen MR) is 141 cm³/mol. The zero-order chi connectivity index (χ0) is 25.5. The van der Waals surface area contributed by atoms with Gasteiger partial charge in [0.05, 0.1) is 11.2 Å². The van der Waals surface area contributed by atoms with Crippen LogP contribution in [0, 0.1) is 0 Å². The molecule has 1 atom stereocenters. The Balaban J connectivity index is 1.49. The molecule has 0 spiro atoms. The van der Waals surface area contributed by atoms with Crippen LogP contribution in [0.4, 0.5) is 0 Å². The van der Waals surface area contributed by atoms with Crippen molar-refractivity contribution in [2.75, 3.05) is 0 Å². The Labute approximate surface area is 211 Å². The van der Waals surface area contributed by atoms with Gasteiger partial charge in [-0.2, -0.15) is 0 Å². The second kappa shape index (κ2) is 11.0. The van der Waals surface area contributed by atoms with E-state index in [-0.39, 0.29) is 11.1 Å². The first kappa shape index (κ1) is 24.9. The Morgan fingerprint density at radius 2 is 1.64 bits per heavy atom. The summed E-state index contributed by atoms with van der Waals surface area (Å²) in [6.07, 6.45) is 0.167. The second-order valence-corrected chi connectivity index (χ2v) is 9.38. The minimum absolute atomic E-state index is 0.0969. The summed E-state index contributed by atoms with van der Waals surface area (Å²) < 4.78 is 5.97. The standard InChI is InChI=1S/C30H30N2O4/c1-21(29(33)34)32-36-28(19-30(2,3)24-10-5-4-6-11-24)23-14-17-26(18-15-23)35-20-25-16-13-22-9-7-8-12-27(22)31-25/h4-18,28H,19-20H2,1-3H3,(H,33,34)/b32-21+. The van der Waals surface area contributed by atoms with Gasteiger partial charge in [0.2, 0.25) is 0 Å². The molecule has 0 aliphatic carbocycles. The number of carboxylic acids is 1. The summed E-state index contributed by atoms with van der Waals surface area (Å²) in [5, 5.41) is 14.2. The maximum Gasteiger partial charge on any atom is 0.353 e. The summed E-state index contributed by atoms with van der Waals surface area (Å²) in [6, 6.07) is 29.8. The van der Waals surface area contributed by atoms with E-state index in [2.05, 4.69) is 36.1 Å². The van der Waals surface area contributed by atoms with E-state index in [4.69, 9.17) is 9.57 Å². The maximum absolute atomic E-state index is 11.2. The molecular formula is C30H30N2O4. The number of aliphatic carboxylic acids is 1. The first-order valence-corrected chi connectivity index (χ1v) is 11.9. The predicted octanol–water partition coefficient (Wildman–Crippen LogP) is 6.70. The number of para-hydroxylation sites is 1. The van der Waals surface area contributed by atoms with Gasteiger partial charge in [-0.3, -0.25) is 0 Å². The number of nitrogens with zero attached hydrogens (tertiary/aromatic N) is 2. The normalized spacial score (nSPS) is 12.8. The van der Waals surface area contributed by atoms with E-state index in [1.54, 1.807) is 0 Å².